The normalized spacial score (nSPS) is 16.3. The zero-order valence-electron chi connectivity index (χ0n) is 15.9. The summed E-state index contributed by atoms with van der Waals surface area (Å²) in [6.45, 7) is 6.88. The molecule has 1 aromatic heterocycles. The van der Waals surface area contributed by atoms with Crippen LogP contribution < -0.4 is 15.1 Å². The van der Waals surface area contributed by atoms with Crippen LogP contribution in [-0.4, -0.2) is 37.1 Å². The van der Waals surface area contributed by atoms with Crippen molar-refractivity contribution in [1.82, 2.24) is 10.3 Å². The zero-order valence-corrected chi connectivity index (χ0v) is 18.2. The first-order chi connectivity index (χ1) is 12.8. The number of pyridine rings is 1. The Bertz CT molecular complexity index is 786. The van der Waals surface area contributed by atoms with Gasteiger partial charge in [0.25, 0.3) is 0 Å². The Morgan fingerprint density at radius 1 is 1.15 bits per heavy atom. The number of nitrogens with one attached hydrogen (secondary N) is 1. The van der Waals surface area contributed by atoms with Gasteiger partial charge in [-0.3, -0.25) is 0 Å². The average Bonchev–Trinajstić information content (AvgIpc) is 3.35. The van der Waals surface area contributed by atoms with Crippen molar-refractivity contribution in [3.63, 3.8) is 0 Å². The first-order valence-electron chi connectivity index (χ1n) is 9.69. The molecule has 0 radical (unpaired) electrons. The summed E-state index contributed by atoms with van der Waals surface area (Å²) < 4.78 is 0. The van der Waals surface area contributed by atoms with E-state index in [1.807, 2.05) is 6.20 Å². The van der Waals surface area contributed by atoms with Gasteiger partial charge in [0.15, 0.2) is 5.96 Å². The highest BCUT2D eigenvalue weighted by Gasteiger charge is 2.22. The number of hydrogen-bond donors (Lipinski definition) is 1. The molecule has 0 aliphatic carbocycles. The summed E-state index contributed by atoms with van der Waals surface area (Å²) >= 11 is 0. The molecule has 3 heterocycles. The highest BCUT2D eigenvalue weighted by molar-refractivity contribution is 14.0. The van der Waals surface area contributed by atoms with E-state index in [1.165, 1.54) is 29.7 Å². The summed E-state index contributed by atoms with van der Waals surface area (Å²) in [4.78, 5) is 14.1. The van der Waals surface area contributed by atoms with Crippen molar-refractivity contribution in [2.24, 2.45) is 4.99 Å². The van der Waals surface area contributed by atoms with Crippen LogP contribution in [0.4, 0.5) is 11.5 Å². The number of para-hydroxylation sites is 1. The molecule has 0 amide bonds. The van der Waals surface area contributed by atoms with E-state index in [1.54, 1.807) is 0 Å². The maximum atomic E-state index is 4.92. The van der Waals surface area contributed by atoms with E-state index in [4.69, 9.17) is 4.99 Å². The van der Waals surface area contributed by atoms with Crippen LogP contribution in [0.2, 0.25) is 0 Å². The minimum atomic E-state index is 0. The zero-order chi connectivity index (χ0) is 17.8. The van der Waals surface area contributed by atoms with Crippen LogP contribution in [-0.2, 0) is 13.0 Å². The van der Waals surface area contributed by atoms with Gasteiger partial charge in [0, 0.05) is 38.1 Å². The van der Waals surface area contributed by atoms with Crippen LogP contribution in [0.1, 0.15) is 30.9 Å². The molecule has 0 spiro atoms. The van der Waals surface area contributed by atoms with Crippen molar-refractivity contribution in [2.75, 3.05) is 36.0 Å². The van der Waals surface area contributed by atoms with Gasteiger partial charge in [-0.1, -0.05) is 18.2 Å². The SMILES string of the molecule is CCNC(=NCc1ccnc(N2CCCC2)c1)N1CCc2ccccc21.I. The first kappa shape index (κ1) is 19.9. The predicted octanol–water partition coefficient (Wildman–Crippen LogP) is 3.83. The Balaban J connectivity index is 0.00000210. The summed E-state index contributed by atoms with van der Waals surface area (Å²) in [5, 5.41) is 3.46. The van der Waals surface area contributed by atoms with Gasteiger partial charge >= 0.3 is 0 Å². The van der Waals surface area contributed by atoms with Crippen LogP contribution >= 0.6 is 24.0 Å². The van der Waals surface area contributed by atoms with Crippen molar-refractivity contribution in [2.45, 2.75) is 32.7 Å². The number of hydrogen-bond acceptors (Lipinski definition) is 3. The van der Waals surface area contributed by atoms with Crippen LogP contribution in [0.25, 0.3) is 0 Å². The molecular weight excluding hydrogens is 449 g/mol. The molecule has 27 heavy (non-hydrogen) atoms. The van der Waals surface area contributed by atoms with Gasteiger partial charge in [-0.15, -0.1) is 24.0 Å². The third-order valence-electron chi connectivity index (χ3n) is 5.13. The van der Waals surface area contributed by atoms with Crippen LogP contribution in [0.3, 0.4) is 0 Å². The fraction of sp³-hybridized carbons (Fsp3) is 0.429. The summed E-state index contributed by atoms with van der Waals surface area (Å²) in [5.41, 5.74) is 3.89. The van der Waals surface area contributed by atoms with E-state index >= 15 is 0 Å². The number of halogens is 1. The third-order valence-corrected chi connectivity index (χ3v) is 5.13. The molecule has 2 aliphatic heterocycles. The van der Waals surface area contributed by atoms with Gasteiger partial charge in [-0.2, -0.15) is 0 Å². The quantitative estimate of drug-likeness (QED) is 0.413. The monoisotopic (exact) mass is 477 g/mol. The summed E-state index contributed by atoms with van der Waals surface area (Å²) in [6.07, 6.45) is 5.53. The lowest BCUT2D eigenvalue weighted by Crippen LogP contribution is -2.40. The van der Waals surface area contributed by atoms with Gasteiger partial charge in [-0.25, -0.2) is 9.98 Å². The third kappa shape index (κ3) is 4.54. The second-order valence-corrected chi connectivity index (χ2v) is 6.92. The predicted molar refractivity (Wildman–Crippen MR) is 123 cm³/mol. The standard InChI is InChI=1S/C21H27N5.HI/c1-2-22-21(26-14-10-18-7-3-4-8-19(18)26)24-16-17-9-11-23-20(15-17)25-12-5-6-13-25;/h3-4,7-9,11,15H,2,5-6,10,12-14,16H2,1H3,(H,22,24);1H. The maximum Gasteiger partial charge on any atom is 0.198 e. The second-order valence-electron chi connectivity index (χ2n) is 6.92. The van der Waals surface area contributed by atoms with Gasteiger partial charge in [0.1, 0.15) is 5.82 Å². The summed E-state index contributed by atoms with van der Waals surface area (Å²) in [5.74, 6) is 2.06. The highest BCUT2D eigenvalue weighted by Crippen LogP contribution is 2.27. The molecule has 1 saturated heterocycles. The second kappa shape index (κ2) is 9.39. The van der Waals surface area contributed by atoms with Gasteiger partial charge in [0.2, 0.25) is 0 Å². The molecule has 1 aromatic carbocycles. The molecule has 0 bridgehead atoms. The van der Waals surface area contributed by atoms with Crippen molar-refractivity contribution < 1.29 is 0 Å². The molecule has 1 fully saturated rings. The van der Waals surface area contributed by atoms with Crippen LogP contribution in [0, 0.1) is 0 Å². The summed E-state index contributed by atoms with van der Waals surface area (Å²) in [7, 11) is 0. The molecule has 0 atom stereocenters. The lowest BCUT2D eigenvalue weighted by Gasteiger charge is -2.22. The number of rotatable bonds is 4. The smallest absolute Gasteiger partial charge is 0.198 e. The van der Waals surface area contributed by atoms with Crippen molar-refractivity contribution in [3.8, 4) is 0 Å². The Morgan fingerprint density at radius 2 is 1.96 bits per heavy atom. The minimum Gasteiger partial charge on any atom is -0.357 e. The topological polar surface area (TPSA) is 43.8 Å². The van der Waals surface area contributed by atoms with E-state index in [0.717, 1.165) is 44.4 Å². The summed E-state index contributed by atoms with van der Waals surface area (Å²) in [6, 6.07) is 12.9. The van der Waals surface area contributed by atoms with Gasteiger partial charge in [0.05, 0.1) is 6.54 Å². The van der Waals surface area contributed by atoms with E-state index in [2.05, 4.69) is 63.4 Å². The van der Waals surface area contributed by atoms with Crippen LogP contribution in [0.5, 0.6) is 0 Å². The lowest BCUT2D eigenvalue weighted by molar-refractivity contribution is 0.879. The van der Waals surface area contributed by atoms with E-state index in [-0.39, 0.29) is 24.0 Å². The largest absolute Gasteiger partial charge is 0.357 e. The Hall–Kier alpha value is -1.83. The van der Waals surface area contributed by atoms with Crippen LogP contribution in [0.15, 0.2) is 47.6 Å². The van der Waals surface area contributed by atoms with Crippen molar-refractivity contribution >= 4 is 41.4 Å². The molecule has 1 N–H and O–H groups in total. The number of guanidine groups is 1. The number of fused-ring (bicyclic) bond motifs is 1. The molecule has 0 unspecified atom stereocenters. The number of benzene rings is 1. The number of aromatic nitrogens is 1. The molecular formula is C21H28IN5. The average molecular weight is 477 g/mol. The lowest BCUT2D eigenvalue weighted by atomic mass is 10.2. The Kier molecular flexibility index (Phi) is 6.93. The maximum absolute atomic E-state index is 4.92. The van der Waals surface area contributed by atoms with Crippen molar-refractivity contribution in [3.05, 3.63) is 53.7 Å². The van der Waals surface area contributed by atoms with Gasteiger partial charge in [-0.05, 0) is 55.5 Å². The van der Waals surface area contributed by atoms with E-state index in [0.29, 0.717) is 6.54 Å². The van der Waals surface area contributed by atoms with Gasteiger partial charge < -0.3 is 15.1 Å². The first-order valence-corrected chi connectivity index (χ1v) is 9.69. The molecule has 5 nitrogen and oxygen atoms in total. The fourth-order valence-electron chi connectivity index (χ4n) is 3.80. The Labute approximate surface area is 178 Å². The molecule has 2 aliphatic rings. The molecule has 144 valence electrons. The fourth-order valence-corrected chi connectivity index (χ4v) is 3.80. The number of aliphatic imine (C=N–C) groups is 1. The molecule has 4 rings (SSSR count). The molecule has 0 saturated carbocycles. The number of anilines is 2. The van der Waals surface area contributed by atoms with Crippen molar-refractivity contribution in [1.29, 1.82) is 0 Å². The van der Waals surface area contributed by atoms with E-state index in [9.17, 15) is 0 Å². The molecule has 6 heteroatoms. The highest BCUT2D eigenvalue weighted by atomic mass is 127. The molecule has 2 aromatic rings. The Morgan fingerprint density at radius 3 is 2.78 bits per heavy atom. The number of nitrogens with zero attached hydrogens (tertiary/aromatic N) is 4. The minimum absolute atomic E-state index is 0. The van der Waals surface area contributed by atoms with E-state index < -0.39 is 0 Å².